The monoisotopic (exact) mass is 155 g/mol. The molecular formula is C7H9NO3. The maximum Gasteiger partial charge on any atom is 0.276 e. The minimum Gasteiger partial charge on any atom is -0.386 e. The van der Waals surface area contributed by atoms with E-state index in [1.807, 2.05) is 0 Å². The number of allylic oxidation sites excluding steroid dienone is 1. The van der Waals surface area contributed by atoms with Gasteiger partial charge in [0.1, 0.15) is 6.61 Å². The van der Waals surface area contributed by atoms with E-state index in [-0.39, 0.29) is 18.8 Å². The molecule has 0 heterocycles. The number of hydrogen-bond donors (Lipinski definition) is 0. The van der Waals surface area contributed by atoms with E-state index in [1.54, 1.807) is 6.92 Å². The van der Waals surface area contributed by atoms with Crippen molar-refractivity contribution in [1.82, 2.24) is 0 Å². The summed E-state index contributed by atoms with van der Waals surface area (Å²) in [6.45, 7) is 5.16. The molecule has 0 aliphatic rings. The largest absolute Gasteiger partial charge is 0.386 e. The first-order valence-corrected chi connectivity index (χ1v) is 3.06. The Morgan fingerprint density at radius 2 is 2.36 bits per heavy atom. The van der Waals surface area contributed by atoms with E-state index < -0.39 is 0 Å². The Hall–Kier alpha value is -1.41. The van der Waals surface area contributed by atoms with Gasteiger partial charge in [0.25, 0.3) is 6.08 Å². The predicted octanol–water partition coefficient (Wildman–Crippen LogP) is 0.789. The third kappa shape index (κ3) is 5.06. The molecule has 0 atom stereocenters. The summed E-state index contributed by atoms with van der Waals surface area (Å²) in [4.78, 5) is 24.6. The quantitative estimate of drug-likeness (QED) is 0.194. The Kier molecular flexibility index (Phi) is 4.69. The molecule has 0 aliphatic carbocycles. The maximum atomic E-state index is 10.8. The van der Waals surface area contributed by atoms with Crippen molar-refractivity contribution in [2.75, 3.05) is 6.61 Å². The molecule has 0 rings (SSSR count). The van der Waals surface area contributed by atoms with Gasteiger partial charge in [0.05, 0.1) is 0 Å². The molecule has 4 nitrogen and oxygen atoms in total. The average molecular weight is 155 g/mol. The first kappa shape index (κ1) is 9.59. The zero-order chi connectivity index (χ0) is 8.69. The van der Waals surface area contributed by atoms with Gasteiger partial charge in [0.2, 0.25) is 0 Å². The van der Waals surface area contributed by atoms with Crippen LogP contribution < -0.4 is 0 Å². The first-order valence-electron chi connectivity index (χ1n) is 3.06. The zero-order valence-corrected chi connectivity index (χ0v) is 6.29. The lowest BCUT2D eigenvalue weighted by Gasteiger charge is -1.95. The molecular weight excluding hydrogens is 146 g/mol. The van der Waals surface area contributed by atoms with Crippen molar-refractivity contribution < 1.29 is 14.4 Å². The molecule has 0 saturated carbocycles. The molecule has 0 bridgehead atoms. The molecule has 0 unspecified atom stereocenters. The second-order valence-corrected chi connectivity index (χ2v) is 1.97. The molecule has 4 heteroatoms. The molecule has 60 valence electrons. The van der Waals surface area contributed by atoms with Crippen LogP contribution in [-0.4, -0.2) is 18.5 Å². The maximum absolute atomic E-state index is 10.8. The molecule has 0 fully saturated rings. The molecule has 0 saturated heterocycles. The summed E-state index contributed by atoms with van der Waals surface area (Å²) >= 11 is 0. The van der Waals surface area contributed by atoms with Crippen molar-refractivity contribution >= 4 is 11.9 Å². The lowest BCUT2D eigenvalue weighted by atomic mass is 10.2. The third-order valence-electron chi connectivity index (χ3n) is 0.998. The van der Waals surface area contributed by atoms with Gasteiger partial charge < -0.3 is 4.84 Å². The van der Waals surface area contributed by atoms with Crippen LogP contribution >= 0.6 is 0 Å². The summed E-state index contributed by atoms with van der Waals surface area (Å²) in [5.41, 5.74) is 0.476. The van der Waals surface area contributed by atoms with E-state index in [9.17, 15) is 9.59 Å². The lowest BCUT2D eigenvalue weighted by Crippen LogP contribution is -2.02. The second kappa shape index (κ2) is 5.38. The van der Waals surface area contributed by atoms with Gasteiger partial charge in [-0.15, -0.1) is 0 Å². The van der Waals surface area contributed by atoms with Crippen molar-refractivity contribution in [3.8, 4) is 0 Å². The Morgan fingerprint density at radius 1 is 1.73 bits per heavy atom. The highest BCUT2D eigenvalue weighted by Crippen LogP contribution is 1.95. The number of Topliss-reactive ketones (excluding diaryl/α,β-unsaturated/α-hetero) is 1. The molecule has 0 aromatic carbocycles. The summed E-state index contributed by atoms with van der Waals surface area (Å²) < 4.78 is 0. The fourth-order valence-corrected chi connectivity index (χ4v) is 0.424. The van der Waals surface area contributed by atoms with E-state index in [0.29, 0.717) is 5.57 Å². The van der Waals surface area contributed by atoms with Gasteiger partial charge in [-0.1, -0.05) is 6.58 Å². The SMILES string of the molecule is C=C(C)C(=O)CCON=C=O. The highest BCUT2D eigenvalue weighted by atomic mass is 16.6. The van der Waals surface area contributed by atoms with Gasteiger partial charge >= 0.3 is 0 Å². The van der Waals surface area contributed by atoms with Crippen LogP contribution in [0.25, 0.3) is 0 Å². The molecule has 0 spiro atoms. The minimum absolute atomic E-state index is 0.0916. The van der Waals surface area contributed by atoms with E-state index >= 15 is 0 Å². The topological polar surface area (TPSA) is 55.7 Å². The Morgan fingerprint density at radius 3 is 2.82 bits per heavy atom. The molecule has 0 N–H and O–H groups in total. The lowest BCUT2D eigenvalue weighted by molar-refractivity contribution is -0.116. The van der Waals surface area contributed by atoms with Crippen molar-refractivity contribution in [2.24, 2.45) is 5.16 Å². The van der Waals surface area contributed by atoms with Gasteiger partial charge in [-0.2, -0.15) is 0 Å². The molecule has 0 aliphatic heterocycles. The Bertz CT molecular complexity index is 204. The fourth-order valence-electron chi connectivity index (χ4n) is 0.424. The summed E-state index contributed by atoms with van der Waals surface area (Å²) in [6, 6.07) is 0. The third-order valence-corrected chi connectivity index (χ3v) is 0.998. The fraction of sp³-hybridized carbons (Fsp3) is 0.429. The van der Waals surface area contributed by atoms with Gasteiger partial charge in [0, 0.05) is 11.6 Å². The molecule has 0 aromatic heterocycles. The van der Waals surface area contributed by atoms with Gasteiger partial charge in [-0.25, -0.2) is 4.79 Å². The summed E-state index contributed by atoms with van der Waals surface area (Å²) in [5, 5.41) is 2.82. The van der Waals surface area contributed by atoms with Crippen LogP contribution in [0.4, 0.5) is 0 Å². The van der Waals surface area contributed by atoms with Crippen molar-refractivity contribution in [2.45, 2.75) is 13.3 Å². The number of nitrogens with zero attached hydrogens (tertiary/aromatic N) is 1. The van der Waals surface area contributed by atoms with Crippen LogP contribution in [0.3, 0.4) is 0 Å². The van der Waals surface area contributed by atoms with Crippen LogP contribution in [0.15, 0.2) is 17.3 Å². The molecule has 0 radical (unpaired) electrons. The normalized spacial score (nSPS) is 8.09. The predicted molar refractivity (Wildman–Crippen MR) is 38.5 cm³/mol. The summed E-state index contributed by atoms with van der Waals surface area (Å²) in [6.07, 6.45) is 1.38. The number of rotatable bonds is 5. The second-order valence-electron chi connectivity index (χ2n) is 1.97. The smallest absolute Gasteiger partial charge is 0.276 e. The first-order chi connectivity index (χ1) is 5.18. The number of isocyanates is 1. The van der Waals surface area contributed by atoms with Crippen molar-refractivity contribution in [1.29, 1.82) is 0 Å². The van der Waals surface area contributed by atoms with E-state index in [0.717, 1.165) is 0 Å². The molecule has 0 aromatic rings. The highest BCUT2D eigenvalue weighted by Gasteiger charge is 2.00. The standard InChI is InChI=1S/C7H9NO3/c1-6(2)7(10)3-4-11-8-5-9/h1,3-4H2,2H3. The van der Waals surface area contributed by atoms with Crippen LogP contribution in [0.2, 0.25) is 0 Å². The number of ketones is 1. The number of hydrogen-bond acceptors (Lipinski definition) is 4. The number of carbonyl (C=O) groups excluding carboxylic acids is 2. The van der Waals surface area contributed by atoms with Gasteiger partial charge in [0.15, 0.2) is 5.78 Å². The minimum atomic E-state index is -0.0916. The Labute approximate surface area is 64.5 Å². The van der Waals surface area contributed by atoms with Gasteiger partial charge in [-0.3, -0.25) is 4.79 Å². The summed E-state index contributed by atoms with van der Waals surface area (Å²) in [7, 11) is 0. The van der Waals surface area contributed by atoms with E-state index in [1.165, 1.54) is 6.08 Å². The zero-order valence-electron chi connectivity index (χ0n) is 6.29. The van der Waals surface area contributed by atoms with E-state index in [4.69, 9.17) is 0 Å². The van der Waals surface area contributed by atoms with Crippen LogP contribution in [0.1, 0.15) is 13.3 Å². The number of carbonyl (C=O) groups is 1. The highest BCUT2D eigenvalue weighted by molar-refractivity contribution is 5.94. The summed E-state index contributed by atoms with van der Waals surface area (Å²) in [5.74, 6) is -0.0916. The van der Waals surface area contributed by atoms with Crippen LogP contribution in [0.5, 0.6) is 0 Å². The molecule has 0 amide bonds. The van der Waals surface area contributed by atoms with Crippen molar-refractivity contribution in [3.05, 3.63) is 12.2 Å². The molecule has 11 heavy (non-hydrogen) atoms. The van der Waals surface area contributed by atoms with Crippen molar-refractivity contribution in [3.63, 3.8) is 0 Å². The van der Waals surface area contributed by atoms with Crippen LogP contribution in [-0.2, 0) is 14.4 Å². The van der Waals surface area contributed by atoms with E-state index in [2.05, 4.69) is 16.6 Å². The Balaban J connectivity index is 3.47. The van der Waals surface area contributed by atoms with Gasteiger partial charge in [-0.05, 0) is 12.5 Å². The average Bonchev–Trinajstić information content (AvgIpc) is 1.97. The van der Waals surface area contributed by atoms with Crippen LogP contribution in [0, 0.1) is 0 Å².